The normalized spacial score (nSPS) is 13.9. The summed E-state index contributed by atoms with van der Waals surface area (Å²) < 4.78 is 0. The average molecular weight is 591 g/mol. The van der Waals surface area contributed by atoms with E-state index in [1.54, 1.807) is 0 Å². The first-order valence-corrected chi connectivity index (χ1v) is 20.6. The second-order valence-electron chi connectivity index (χ2n) is 15.2. The Kier molecular flexibility index (Phi) is 35.5. The van der Waals surface area contributed by atoms with Crippen molar-refractivity contribution in [1.29, 1.82) is 0 Å². The van der Waals surface area contributed by atoms with Gasteiger partial charge in [-0.3, -0.25) is 0 Å². The highest BCUT2D eigenvalue weighted by molar-refractivity contribution is 4.61. The van der Waals surface area contributed by atoms with Crippen LogP contribution in [-0.2, 0) is 0 Å². The molecule has 0 saturated carbocycles. The van der Waals surface area contributed by atoms with Gasteiger partial charge in [-0.25, -0.2) is 0 Å². The third-order valence-electron chi connectivity index (χ3n) is 10.4. The molecule has 3 atom stereocenters. The molecule has 0 radical (unpaired) electrons. The van der Waals surface area contributed by atoms with Crippen LogP contribution in [0.1, 0.15) is 253 Å². The lowest BCUT2D eigenvalue weighted by molar-refractivity contribution is 0.373. The third kappa shape index (κ3) is 34.5. The minimum Gasteiger partial charge on any atom is -0.0654 e. The summed E-state index contributed by atoms with van der Waals surface area (Å²) in [5, 5.41) is 0. The van der Waals surface area contributed by atoms with Crippen LogP contribution in [-0.4, -0.2) is 0 Å². The first-order valence-electron chi connectivity index (χ1n) is 20.6. The van der Waals surface area contributed by atoms with Crippen LogP contribution in [0, 0.1) is 17.8 Å². The zero-order valence-corrected chi connectivity index (χ0v) is 30.8. The summed E-state index contributed by atoms with van der Waals surface area (Å²) in [7, 11) is 0. The Hall–Kier alpha value is 0. The van der Waals surface area contributed by atoms with E-state index in [1.165, 1.54) is 218 Å². The maximum Gasteiger partial charge on any atom is -0.0443 e. The van der Waals surface area contributed by atoms with Crippen molar-refractivity contribution >= 4 is 0 Å². The fourth-order valence-corrected chi connectivity index (χ4v) is 7.08. The summed E-state index contributed by atoms with van der Waals surface area (Å²) in [5.41, 5.74) is 0. The Morgan fingerprint density at radius 3 is 0.595 bits per heavy atom. The van der Waals surface area contributed by atoms with Gasteiger partial charge in [0, 0.05) is 0 Å². The summed E-state index contributed by atoms with van der Waals surface area (Å²) >= 11 is 0. The van der Waals surface area contributed by atoms with Crippen LogP contribution >= 0.6 is 0 Å². The summed E-state index contributed by atoms with van der Waals surface area (Å²) in [6, 6.07) is 0. The van der Waals surface area contributed by atoms with E-state index in [-0.39, 0.29) is 0 Å². The van der Waals surface area contributed by atoms with E-state index in [4.69, 9.17) is 0 Å². The molecule has 0 spiro atoms. The summed E-state index contributed by atoms with van der Waals surface area (Å²) in [6.07, 6.45) is 50.0. The Labute approximate surface area is 270 Å². The van der Waals surface area contributed by atoms with Gasteiger partial charge < -0.3 is 0 Å². The predicted octanol–water partition coefficient (Wildman–Crippen LogP) is 16.2. The molecule has 0 fully saturated rings. The molecular formula is C42H86. The molecule has 42 heavy (non-hydrogen) atoms. The lowest BCUT2D eigenvalue weighted by Crippen LogP contribution is -2.01. The number of hydrogen-bond acceptors (Lipinski definition) is 0. The van der Waals surface area contributed by atoms with Crippen molar-refractivity contribution in [2.24, 2.45) is 17.8 Å². The molecule has 0 aromatic rings. The molecule has 0 aliphatic heterocycles. The highest BCUT2D eigenvalue weighted by atomic mass is 14.1. The van der Waals surface area contributed by atoms with Crippen molar-refractivity contribution < 1.29 is 0 Å². The second kappa shape index (κ2) is 35.5. The molecule has 0 amide bonds. The molecule has 0 heterocycles. The minimum atomic E-state index is 0.942. The van der Waals surface area contributed by atoms with Gasteiger partial charge in [0.05, 0.1) is 0 Å². The minimum absolute atomic E-state index is 0.942. The van der Waals surface area contributed by atoms with Crippen LogP contribution in [0.4, 0.5) is 0 Å². The zero-order chi connectivity index (χ0) is 30.8. The van der Waals surface area contributed by atoms with Gasteiger partial charge in [0.1, 0.15) is 0 Å². The van der Waals surface area contributed by atoms with Crippen LogP contribution in [0.3, 0.4) is 0 Å². The molecule has 0 aromatic carbocycles. The molecule has 0 rings (SSSR count). The Bertz CT molecular complexity index is 467. The van der Waals surface area contributed by atoms with E-state index in [9.17, 15) is 0 Å². The molecule has 0 saturated heterocycles. The quantitative estimate of drug-likeness (QED) is 0.0637. The molecule has 0 aliphatic rings. The molecule has 0 heteroatoms. The Morgan fingerprint density at radius 1 is 0.214 bits per heavy atom. The van der Waals surface area contributed by atoms with Crippen LogP contribution < -0.4 is 0 Å². The maximum absolute atomic E-state index is 2.52. The molecule has 0 aromatic heterocycles. The van der Waals surface area contributed by atoms with Crippen molar-refractivity contribution in [3.8, 4) is 0 Å². The molecular weight excluding hydrogens is 504 g/mol. The molecule has 0 bridgehead atoms. The molecule has 0 aliphatic carbocycles. The highest BCUT2D eigenvalue weighted by Gasteiger charge is 2.08. The topological polar surface area (TPSA) is 0 Å². The predicted molar refractivity (Wildman–Crippen MR) is 196 cm³/mol. The third-order valence-corrected chi connectivity index (χ3v) is 10.4. The fraction of sp³-hybridized carbons (Fsp3) is 1.00. The van der Waals surface area contributed by atoms with Crippen molar-refractivity contribution in [3.05, 3.63) is 0 Å². The number of unbranched alkanes of at least 4 members (excludes halogenated alkanes) is 24. The fourth-order valence-electron chi connectivity index (χ4n) is 7.08. The zero-order valence-electron chi connectivity index (χ0n) is 30.8. The van der Waals surface area contributed by atoms with E-state index < -0.39 is 0 Å². The van der Waals surface area contributed by atoms with Crippen molar-refractivity contribution in [1.82, 2.24) is 0 Å². The van der Waals surface area contributed by atoms with Gasteiger partial charge in [0.25, 0.3) is 0 Å². The summed E-state index contributed by atoms with van der Waals surface area (Å²) in [6.45, 7) is 12.2. The van der Waals surface area contributed by atoms with Crippen LogP contribution in [0.2, 0.25) is 0 Å². The first-order chi connectivity index (χ1) is 20.6. The van der Waals surface area contributed by atoms with Gasteiger partial charge in [-0.05, 0) is 17.8 Å². The van der Waals surface area contributed by atoms with Crippen LogP contribution in [0.15, 0.2) is 0 Å². The Morgan fingerprint density at radius 2 is 0.381 bits per heavy atom. The largest absolute Gasteiger partial charge is 0.0654 e. The lowest BCUT2D eigenvalue weighted by Gasteiger charge is -2.16. The molecule has 254 valence electrons. The number of rotatable bonds is 36. The van der Waals surface area contributed by atoms with Crippen molar-refractivity contribution in [3.63, 3.8) is 0 Å². The van der Waals surface area contributed by atoms with E-state index in [0.717, 1.165) is 17.8 Å². The standard InChI is InChI=1S/C42H86/c1-6-8-10-12-14-16-17-18-19-20-21-22-23-24-25-27-29-31-35-41(4)37-33-39-42(5)38-32-36-40(3)34-30-28-26-15-13-11-9-7-2/h40-42H,6-39H2,1-5H3. The van der Waals surface area contributed by atoms with E-state index in [2.05, 4.69) is 34.6 Å². The van der Waals surface area contributed by atoms with Crippen molar-refractivity contribution in [2.45, 2.75) is 253 Å². The van der Waals surface area contributed by atoms with E-state index in [0.29, 0.717) is 0 Å². The average Bonchev–Trinajstić information content (AvgIpc) is 2.98. The molecule has 3 unspecified atom stereocenters. The lowest BCUT2D eigenvalue weighted by atomic mass is 9.90. The van der Waals surface area contributed by atoms with Gasteiger partial charge in [-0.2, -0.15) is 0 Å². The van der Waals surface area contributed by atoms with Gasteiger partial charge >= 0.3 is 0 Å². The Balaban J connectivity index is 3.33. The number of hydrogen-bond donors (Lipinski definition) is 0. The first kappa shape index (κ1) is 42.0. The summed E-state index contributed by atoms with van der Waals surface area (Å²) in [4.78, 5) is 0. The molecule has 0 nitrogen and oxygen atoms in total. The second-order valence-corrected chi connectivity index (χ2v) is 15.2. The van der Waals surface area contributed by atoms with Gasteiger partial charge in [-0.15, -0.1) is 0 Å². The SMILES string of the molecule is CCCCCCCCCCCCCCCCCCCCC(C)CCCC(C)CCCC(C)CCCCCCCCCC. The van der Waals surface area contributed by atoms with Gasteiger partial charge in [0.15, 0.2) is 0 Å². The molecule has 0 N–H and O–H groups in total. The van der Waals surface area contributed by atoms with Crippen LogP contribution in [0.5, 0.6) is 0 Å². The van der Waals surface area contributed by atoms with E-state index in [1.807, 2.05) is 0 Å². The smallest absolute Gasteiger partial charge is 0.0443 e. The maximum atomic E-state index is 2.52. The van der Waals surface area contributed by atoms with E-state index >= 15 is 0 Å². The van der Waals surface area contributed by atoms with Crippen molar-refractivity contribution in [2.75, 3.05) is 0 Å². The van der Waals surface area contributed by atoms with Gasteiger partial charge in [-0.1, -0.05) is 253 Å². The van der Waals surface area contributed by atoms with Crippen LogP contribution in [0.25, 0.3) is 0 Å². The van der Waals surface area contributed by atoms with Gasteiger partial charge in [0.2, 0.25) is 0 Å². The monoisotopic (exact) mass is 591 g/mol. The highest BCUT2D eigenvalue weighted by Crippen LogP contribution is 2.24. The summed E-state index contributed by atoms with van der Waals surface area (Å²) in [5.74, 6) is 2.84.